The summed E-state index contributed by atoms with van der Waals surface area (Å²) in [5.74, 6) is 0.484. The largest absolute Gasteiger partial charge is 0.243 e. The first-order valence-electron chi connectivity index (χ1n) is 6.71. The monoisotopic (exact) mass is 321 g/mol. The Morgan fingerprint density at radius 3 is 2.05 bits per heavy atom. The summed E-state index contributed by atoms with van der Waals surface area (Å²) in [6.45, 7) is 1.84. The maximum atomic E-state index is 12.5. The zero-order valence-electron chi connectivity index (χ0n) is 12.1. The molecule has 112 valence electrons. The van der Waals surface area contributed by atoms with Gasteiger partial charge in [0.2, 0.25) is 10.0 Å². The van der Waals surface area contributed by atoms with Gasteiger partial charge in [-0.05, 0) is 30.2 Å². The summed E-state index contributed by atoms with van der Waals surface area (Å²) < 4.78 is 26.3. The number of rotatable bonds is 5. The van der Waals surface area contributed by atoms with E-state index in [0.29, 0.717) is 10.6 Å². The van der Waals surface area contributed by atoms with Crippen molar-refractivity contribution in [2.45, 2.75) is 17.9 Å². The fourth-order valence-electron chi connectivity index (χ4n) is 1.97. The van der Waals surface area contributed by atoms with Gasteiger partial charge < -0.3 is 0 Å². The van der Waals surface area contributed by atoms with E-state index in [9.17, 15) is 8.42 Å². The van der Waals surface area contributed by atoms with Crippen LogP contribution >= 0.6 is 12.6 Å². The van der Waals surface area contributed by atoms with Gasteiger partial charge in [-0.15, -0.1) is 0 Å². The summed E-state index contributed by atoms with van der Waals surface area (Å²) in [4.78, 5) is 0.304. The van der Waals surface area contributed by atoms with Crippen LogP contribution in [0.15, 0.2) is 59.5 Å². The lowest BCUT2D eigenvalue weighted by atomic mass is 10.1. The van der Waals surface area contributed by atoms with E-state index in [1.165, 1.54) is 4.31 Å². The first-order chi connectivity index (χ1) is 9.96. The van der Waals surface area contributed by atoms with E-state index >= 15 is 0 Å². The second kappa shape index (κ2) is 6.64. The molecule has 0 fully saturated rings. The molecule has 1 unspecified atom stereocenters. The molecule has 21 heavy (non-hydrogen) atoms. The highest BCUT2D eigenvalue weighted by Crippen LogP contribution is 2.23. The van der Waals surface area contributed by atoms with Crippen LogP contribution in [0.3, 0.4) is 0 Å². The predicted octanol–water partition coefficient (Wildman–Crippen LogP) is 3.29. The van der Waals surface area contributed by atoms with Crippen LogP contribution in [-0.2, 0) is 10.0 Å². The molecule has 0 bridgehead atoms. The first kappa shape index (κ1) is 16.1. The Morgan fingerprint density at radius 2 is 1.52 bits per heavy atom. The lowest BCUT2D eigenvalue weighted by Gasteiger charge is -2.22. The maximum absolute atomic E-state index is 12.5. The molecule has 2 aromatic carbocycles. The summed E-state index contributed by atoms with van der Waals surface area (Å²) in [5.41, 5.74) is 2.07. The minimum Gasteiger partial charge on any atom is -0.207 e. The average Bonchev–Trinajstić information content (AvgIpc) is 2.54. The molecule has 2 rings (SSSR count). The van der Waals surface area contributed by atoms with Crippen LogP contribution in [0.4, 0.5) is 0 Å². The van der Waals surface area contributed by atoms with Crippen LogP contribution in [0.2, 0.25) is 0 Å². The van der Waals surface area contributed by atoms with Gasteiger partial charge in [0, 0.05) is 18.8 Å². The third kappa shape index (κ3) is 3.48. The third-order valence-corrected chi connectivity index (χ3v) is 6.04. The molecule has 5 heteroatoms. The minimum atomic E-state index is -3.46. The highest BCUT2D eigenvalue weighted by atomic mass is 32.2. The quantitative estimate of drug-likeness (QED) is 0.858. The molecule has 0 heterocycles. The predicted molar refractivity (Wildman–Crippen MR) is 90.1 cm³/mol. The highest BCUT2D eigenvalue weighted by molar-refractivity contribution is 7.89. The Bertz CT molecular complexity index is 682. The molecule has 0 aliphatic rings. The molecule has 0 radical (unpaired) electrons. The molecular weight excluding hydrogens is 302 g/mol. The summed E-state index contributed by atoms with van der Waals surface area (Å²) in [5, 5.41) is 0. The van der Waals surface area contributed by atoms with E-state index in [1.54, 1.807) is 19.2 Å². The summed E-state index contributed by atoms with van der Waals surface area (Å²) in [7, 11) is -1.88. The van der Waals surface area contributed by atoms with Gasteiger partial charge in [-0.2, -0.15) is 16.9 Å². The third-order valence-electron chi connectivity index (χ3n) is 3.52. The Balaban J connectivity index is 2.31. The van der Waals surface area contributed by atoms with Gasteiger partial charge in [0.15, 0.2) is 0 Å². The Morgan fingerprint density at radius 1 is 1.00 bits per heavy atom. The van der Waals surface area contributed by atoms with Gasteiger partial charge in [0.25, 0.3) is 0 Å². The molecule has 0 amide bonds. The average molecular weight is 321 g/mol. The van der Waals surface area contributed by atoms with Crippen molar-refractivity contribution >= 4 is 22.7 Å². The number of sulfonamides is 1. The van der Waals surface area contributed by atoms with Crippen molar-refractivity contribution < 1.29 is 8.42 Å². The number of nitrogens with zero attached hydrogens (tertiary/aromatic N) is 1. The Kier molecular flexibility index (Phi) is 5.08. The number of hydrogen-bond acceptors (Lipinski definition) is 3. The number of benzene rings is 2. The second-order valence-corrected chi connectivity index (χ2v) is 7.31. The molecular formula is C16H19NO2S2. The lowest BCUT2D eigenvalue weighted by molar-refractivity contribution is 0.415. The highest BCUT2D eigenvalue weighted by Gasteiger charge is 2.24. The van der Waals surface area contributed by atoms with E-state index in [2.05, 4.69) is 12.6 Å². The van der Waals surface area contributed by atoms with Crippen LogP contribution < -0.4 is 0 Å². The normalized spacial score (nSPS) is 13.3. The zero-order valence-corrected chi connectivity index (χ0v) is 13.8. The molecule has 0 saturated carbocycles. The fraction of sp³-hybridized carbons (Fsp3) is 0.250. The minimum absolute atomic E-state index is 0.146. The van der Waals surface area contributed by atoms with Crippen LogP contribution in [0, 0.1) is 0 Å². The van der Waals surface area contributed by atoms with Crippen LogP contribution in [0.5, 0.6) is 0 Å². The van der Waals surface area contributed by atoms with Crippen molar-refractivity contribution in [1.82, 2.24) is 4.31 Å². The van der Waals surface area contributed by atoms with Crippen LogP contribution in [0.1, 0.15) is 6.92 Å². The van der Waals surface area contributed by atoms with E-state index < -0.39 is 10.0 Å². The van der Waals surface area contributed by atoms with Crippen molar-refractivity contribution in [3.8, 4) is 11.1 Å². The molecule has 3 nitrogen and oxygen atoms in total. The molecule has 0 aliphatic heterocycles. The summed E-state index contributed by atoms with van der Waals surface area (Å²) >= 11 is 4.16. The standard InChI is InChI=1S/C16H19NO2S2/c1-13(12-20)17(2)21(18,19)16-10-8-15(9-11-16)14-6-4-3-5-7-14/h3-11,13,20H,12H2,1-2H3. The van der Waals surface area contributed by atoms with Gasteiger partial charge in [-0.1, -0.05) is 42.5 Å². The molecule has 0 spiro atoms. The van der Waals surface area contributed by atoms with Crippen molar-refractivity contribution in [3.63, 3.8) is 0 Å². The first-order valence-corrected chi connectivity index (χ1v) is 8.78. The van der Waals surface area contributed by atoms with Crippen molar-refractivity contribution in [3.05, 3.63) is 54.6 Å². The smallest absolute Gasteiger partial charge is 0.207 e. The van der Waals surface area contributed by atoms with E-state index in [0.717, 1.165) is 11.1 Å². The summed E-state index contributed by atoms with van der Waals surface area (Å²) in [6.07, 6.45) is 0. The van der Waals surface area contributed by atoms with Gasteiger partial charge in [-0.25, -0.2) is 8.42 Å². The van der Waals surface area contributed by atoms with E-state index in [-0.39, 0.29) is 6.04 Å². The topological polar surface area (TPSA) is 37.4 Å². The van der Waals surface area contributed by atoms with Gasteiger partial charge in [0.05, 0.1) is 4.90 Å². The number of hydrogen-bond donors (Lipinski definition) is 1. The molecule has 1 atom stereocenters. The van der Waals surface area contributed by atoms with Crippen LogP contribution in [0.25, 0.3) is 11.1 Å². The second-order valence-electron chi connectivity index (χ2n) is 4.94. The van der Waals surface area contributed by atoms with E-state index in [4.69, 9.17) is 0 Å². The Hall–Kier alpha value is -1.30. The summed E-state index contributed by atoms with van der Waals surface area (Å²) in [6, 6.07) is 16.7. The molecule has 2 aromatic rings. The van der Waals surface area contributed by atoms with Gasteiger partial charge in [0.1, 0.15) is 0 Å². The SMILES string of the molecule is CC(CS)N(C)S(=O)(=O)c1ccc(-c2ccccc2)cc1. The molecule has 0 aromatic heterocycles. The van der Waals surface area contributed by atoms with Crippen molar-refractivity contribution in [1.29, 1.82) is 0 Å². The fourth-order valence-corrected chi connectivity index (χ4v) is 3.68. The van der Waals surface area contributed by atoms with Crippen molar-refractivity contribution in [2.24, 2.45) is 0 Å². The van der Waals surface area contributed by atoms with Crippen LogP contribution in [-0.4, -0.2) is 31.6 Å². The zero-order chi connectivity index (χ0) is 15.5. The molecule has 0 aliphatic carbocycles. The molecule has 0 N–H and O–H groups in total. The van der Waals surface area contributed by atoms with Crippen molar-refractivity contribution in [2.75, 3.05) is 12.8 Å². The number of thiol groups is 1. The van der Waals surface area contributed by atoms with Gasteiger partial charge in [-0.3, -0.25) is 0 Å². The lowest BCUT2D eigenvalue weighted by Crippen LogP contribution is -2.36. The molecule has 0 saturated heterocycles. The van der Waals surface area contributed by atoms with Gasteiger partial charge >= 0.3 is 0 Å². The maximum Gasteiger partial charge on any atom is 0.243 e. The van der Waals surface area contributed by atoms with E-state index in [1.807, 2.05) is 49.4 Å². The Labute approximate surface area is 132 Å².